The first-order valence-electron chi connectivity index (χ1n) is 9.15. The van der Waals surface area contributed by atoms with Gasteiger partial charge >= 0.3 is 5.63 Å². The molecule has 1 aliphatic rings. The molecule has 1 aliphatic heterocycles. The molecule has 0 bridgehead atoms. The molecular weight excluding hydrogens is 376 g/mol. The maximum Gasteiger partial charge on any atom is 0.356 e. The van der Waals surface area contributed by atoms with E-state index in [1.807, 2.05) is 41.3 Å². The second kappa shape index (κ2) is 7.76. The van der Waals surface area contributed by atoms with E-state index in [9.17, 15) is 18.8 Å². The van der Waals surface area contributed by atoms with E-state index >= 15 is 0 Å². The molecule has 0 amide bonds. The molecule has 0 saturated carbocycles. The second-order valence-corrected chi connectivity index (χ2v) is 6.71. The van der Waals surface area contributed by atoms with Gasteiger partial charge in [-0.1, -0.05) is 18.2 Å². The normalized spacial score (nSPS) is 14.0. The number of nitrogens with zero attached hydrogens (tertiary/aromatic N) is 3. The minimum Gasteiger partial charge on any atom is -0.422 e. The van der Waals surface area contributed by atoms with Crippen LogP contribution in [-0.4, -0.2) is 26.2 Å². The fourth-order valence-corrected chi connectivity index (χ4v) is 3.47. The zero-order chi connectivity index (χ0) is 20.4. The van der Waals surface area contributed by atoms with Gasteiger partial charge in [0.25, 0.3) is 0 Å². The van der Waals surface area contributed by atoms with Crippen LogP contribution in [0.4, 0.5) is 20.2 Å². The van der Waals surface area contributed by atoms with Gasteiger partial charge in [-0.15, -0.1) is 0 Å². The number of halogens is 2. The van der Waals surface area contributed by atoms with Gasteiger partial charge in [0.2, 0.25) is 0 Å². The highest BCUT2D eigenvalue weighted by Gasteiger charge is 2.23. The van der Waals surface area contributed by atoms with Crippen LogP contribution >= 0.6 is 0 Å². The third kappa shape index (κ3) is 3.69. The fourth-order valence-electron chi connectivity index (χ4n) is 3.47. The van der Waals surface area contributed by atoms with Crippen LogP contribution in [0.3, 0.4) is 0 Å². The van der Waals surface area contributed by atoms with E-state index < -0.39 is 17.3 Å². The second-order valence-electron chi connectivity index (χ2n) is 6.71. The van der Waals surface area contributed by atoms with Crippen molar-refractivity contribution in [2.24, 2.45) is 0 Å². The van der Waals surface area contributed by atoms with Gasteiger partial charge in [-0.2, -0.15) is 5.26 Å². The van der Waals surface area contributed by atoms with Crippen LogP contribution in [0.25, 0.3) is 11.3 Å². The van der Waals surface area contributed by atoms with Crippen LogP contribution < -0.4 is 15.4 Å². The molecule has 146 valence electrons. The van der Waals surface area contributed by atoms with Crippen molar-refractivity contribution in [3.8, 4) is 17.4 Å². The average Bonchev–Trinajstić information content (AvgIpc) is 2.76. The summed E-state index contributed by atoms with van der Waals surface area (Å²) in [5, 5.41) is 9.45. The first-order chi connectivity index (χ1) is 14.1. The molecule has 4 rings (SSSR count). The van der Waals surface area contributed by atoms with Gasteiger partial charge in [-0.3, -0.25) is 0 Å². The number of hydrogen-bond acceptors (Lipinski definition) is 5. The summed E-state index contributed by atoms with van der Waals surface area (Å²) in [5.41, 5.74) is 0.897. The first-order valence-corrected chi connectivity index (χ1v) is 9.15. The molecule has 3 aromatic rings. The monoisotopic (exact) mass is 393 g/mol. The molecule has 1 aromatic heterocycles. The summed E-state index contributed by atoms with van der Waals surface area (Å²) >= 11 is 0. The molecule has 0 radical (unpaired) electrons. The summed E-state index contributed by atoms with van der Waals surface area (Å²) in [4.78, 5) is 16.5. The summed E-state index contributed by atoms with van der Waals surface area (Å²) in [5.74, 6) is -1.93. The Morgan fingerprint density at radius 3 is 2.24 bits per heavy atom. The molecule has 0 aliphatic carbocycles. The van der Waals surface area contributed by atoms with Crippen LogP contribution in [0.5, 0.6) is 0 Å². The van der Waals surface area contributed by atoms with Gasteiger partial charge < -0.3 is 14.2 Å². The number of piperazine rings is 1. The molecule has 1 saturated heterocycles. The molecule has 1 fully saturated rings. The fraction of sp³-hybridized carbons (Fsp3) is 0.182. The molecule has 7 heteroatoms. The van der Waals surface area contributed by atoms with Crippen molar-refractivity contribution >= 4 is 11.4 Å². The highest BCUT2D eigenvalue weighted by atomic mass is 19.2. The van der Waals surface area contributed by atoms with Crippen molar-refractivity contribution in [2.45, 2.75) is 0 Å². The Morgan fingerprint density at radius 2 is 1.59 bits per heavy atom. The summed E-state index contributed by atoms with van der Waals surface area (Å²) < 4.78 is 32.0. The Bertz CT molecular complexity index is 1130. The minimum atomic E-state index is -1.03. The SMILES string of the molecule is N#Cc1c(N2CCN(c3ccccc3)CC2)cc(-c2ccc(F)c(F)c2)oc1=O. The zero-order valence-corrected chi connectivity index (χ0v) is 15.4. The first kappa shape index (κ1) is 18.7. The summed E-state index contributed by atoms with van der Waals surface area (Å²) in [6.07, 6.45) is 0. The Labute approximate surface area is 166 Å². The average molecular weight is 393 g/mol. The van der Waals surface area contributed by atoms with E-state index in [0.717, 1.165) is 30.9 Å². The van der Waals surface area contributed by atoms with Crippen LogP contribution in [0.15, 0.2) is 63.8 Å². The lowest BCUT2D eigenvalue weighted by Gasteiger charge is -2.37. The van der Waals surface area contributed by atoms with Crippen LogP contribution in [0.2, 0.25) is 0 Å². The van der Waals surface area contributed by atoms with Crippen molar-refractivity contribution in [1.82, 2.24) is 0 Å². The summed E-state index contributed by atoms with van der Waals surface area (Å²) in [6, 6.07) is 16.7. The number of anilines is 2. The van der Waals surface area contributed by atoms with Crippen molar-refractivity contribution in [3.63, 3.8) is 0 Å². The third-order valence-corrected chi connectivity index (χ3v) is 4.99. The van der Waals surface area contributed by atoms with Gasteiger partial charge in [0.05, 0.1) is 5.69 Å². The number of hydrogen-bond donors (Lipinski definition) is 0. The molecular formula is C22H17F2N3O2. The number of benzene rings is 2. The van der Waals surface area contributed by atoms with E-state index in [1.165, 1.54) is 6.07 Å². The van der Waals surface area contributed by atoms with Gasteiger partial charge in [0.15, 0.2) is 17.2 Å². The largest absolute Gasteiger partial charge is 0.422 e. The Balaban J connectivity index is 1.65. The maximum absolute atomic E-state index is 13.6. The lowest BCUT2D eigenvalue weighted by atomic mass is 10.1. The molecule has 0 spiro atoms. The van der Waals surface area contributed by atoms with E-state index in [4.69, 9.17) is 4.42 Å². The highest BCUT2D eigenvalue weighted by Crippen LogP contribution is 2.28. The molecule has 5 nitrogen and oxygen atoms in total. The summed E-state index contributed by atoms with van der Waals surface area (Å²) in [7, 11) is 0. The minimum absolute atomic E-state index is 0.0911. The van der Waals surface area contributed by atoms with Crippen LogP contribution in [0, 0.1) is 23.0 Å². The topological polar surface area (TPSA) is 60.5 Å². The van der Waals surface area contributed by atoms with E-state index in [-0.39, 0.29) is 16.9 Å². The van der Waals surface area contributed by atoms with Gasteiger partial charge in [-0.25, -0.2) is 13.6 Å². The number of para-hydroxylation sites is 1. The van der Waals surface area contributed by atoms with Crippen LogP contribution in [0.1, 0.15) is 5.56 Å². The van der Waals surface area contributed by atoms with Gasteiger partial charge in [0.1, 0.15) is 11.8 Å². The number of rotatable bonds is 3. The predicted molar refractivity (Wildman–Crippen MR) is 106 cm³/mol. The van der Waals surface area contributed by atoms with Crippen molar-refractivity contribution in [3.05, 3.63) is 82.2 Å². The highest BCUT2D eigenvalue weighted by molar-refractivity contribution is 5.68. The van der Waals surface area contributed by atoms with Gasteiger partial charge in [-0.05, 0) is 30.3 Å². The molecule has 2 heterocycles. The van der Waals surface area contributed by atoms with Crippen molar-refractivity contribution < 1.29 is 13.2 Å². The standard InChI is InChI=1S/C22H17F2N3O2/c23-18-7-6-15(12-19(18)24)21-13-20(17(14-25)22(28)29-21)27-10-8-26(9-11-27)16-4-2-1-3-5-16/h1-7,12-13H,8-11H2. The lowest BCUT2D eigenvalue weighted by Crippen LogP contribution is -2.47. The van der Waals surface area contributed by atoms with E-state index in [0.29, 0.717) is 18.8 Å². The molecule has 0 unspecified atom stereocenters. The zero-order valence-electron chi connectivity index (χ0n) is 15.4. The Morgan fingerprint density at radius 1 is 0.897 bits per heavy atom. The third-order valence-electron chi connectivity index (χ3n) is 4.99. The molecule has 2 aromatic carbocycles. The van der Waals surface area contributed by atoms with E-state index in [1.54, 1.807) is 6.07 Å². The summed E-state index contributed by atoms with van der Waals surface area (Å²) in [6.45, 7) is 2.64. The Hall–Kier alpha value is -3.66. The van der Waals surface area contributed by atoms with Gasteiger partial charge in [0, 0.05) is 43.5 Å². The van der Waals surface area contributed by atoms with Crippen molar-refractivity contribution in [1.29, 1.82) is 5.26 Å². The smallest absolute Gasteiger partial charge is 0.356 e. The lowest BCUT2D eigenvalue weighted by molar-refractivity contribution is 0.504. The number of nitriles is 1. The van der Waals surface area contributed by atoms with E-state index in [2.05, 4.69) is 4.90 Å². The Kier molecular flexibility index (Phi) is 5.00. The molecule has 29 heavy (non-hydrogen) atoms. The van der Waals surface area contributed by atoms with Crippen LogP contribution in [-0.2, 0) is 0 Å². The van der Waals surface area contributed by atoms with Crippen molar-refractivity contribution in [2.75, 3.05) is 36.0 Å². The molecule has 0 N–H and O–H groups in total. The quantitative estimate of drug-likeness (QED) is 0.678. The predicted octanol–water partition coefficient (Wildman–Crippen LogP) is 3.78. The molecule has 0 atom stereocenters. The maximum atomic E-state index is 13.6.